The summed E-state index contributed by atoms with van der Waals surface area (Å²) in [7, 11) is 0. The van der Waals surface area contributed by atoms with E-state index in [-0.39, 0.29) is 5.82 Å². The zero-order valence-electron chi connectivity index (χ0n) is 9.29. The smallest absolute Gasteiger partial charge is 0.123 e. The second kappa shape index (κ2) is 5.46. The summed E-state index contributed by atoms with van der Waals surface area (Å²) in [6.07, 6.45) is 0. The molecule has 0 aliphatic rings. The molecule has 5 heteroatoms. The molecule has 2 N–H and O–H groups in total. The summed E-state index contributed by atoms with van der Waals surface area (Å²) in [5.74, 6) is 0.237. The number of hydrogen-bond donors (Lipinski definition) is 1. The van der Waals surface area contributed by atoms with Crippen molar-refractivity contribution in [3.8, 4) is 5.75 Å². The van der Waals surface area contributed by atoms with E-state index >= 15 is 0 Å². The highest BCUT2D eigenvalue weighted by Crippen LogP contribution is 2.32. The molecule has 2 aromatic carbocycles. The highest BCUT2D eigenvalue weighted by Gasteiger charge is 2.06. The first-order valence-electron chi connectivity index (χ1n) is 5.18. The SMILES string of the molecule is Nc1c(Cl)cc(OCc2ccc(F)cc2)cc1Cl. The molecule has 0 aromatic heterocycles. The highest BCUT2D eigenvalue weighted by molar-refractivity contribution is 6.39. The van der Waals surface area contributed by atoms with Crippen molar-refractivity contribution in [3.63, 3.8) is 0 Å². The van der Waals surface area contributed by atoms with Gasteiger partial charge >= 0.3 is 0 Å². The Kier molecular flexibility index (Phi) is 3.94. The number of anilines is 1. The third-order valence-corrected chi connectivity index (χ3v) is 3.00. The Morgan fingerprint density at radius 3 is 2.17 bits per heavy atom. The van der Waals surface area contributed by atoms with Crippen LogP contribution in [-0.4, -0.2) is 0 Å². The molecule has 0 saturated carbocycles. The molecule has 0 spiro atoms. The number of benzene rings is 2. The quantitative estimate of drug-likeness (QED) is 0.854. The van der Waals surface area contributed by atoms with Crippen molar-refractivity contribution in [2.75, 3.05) is 5.73 Å². The zero-order valence-corrected chi connectivity index (χ0v) is 10.8. The lowest BCUT2D eigenvalue weighted by Crippen LogP contribution is -1.97. The lowest BCUT2D eigenvalue weighted by Gasteiger charge is -2.09. The van der Waals surface area contributed by atoms with E-state index in [1.54, 1.807) is 24.3 Å². The molecule has 0 aliphatic carbocycles. The van der Waals surface area contributed by atoms with E-state index < -0.39 is 0 Å². The lowest BCUT2D eigenvalue weighted by atomic mass is 10.2. The first-order valence-corrected chi connectivity index (χ1v) is 5.93. The summed E-state index contributed by atoms with van der Waals surface area (Å²) < 4.78 is 18.2. The highest BCUT2D eigenvalue weighted by atomic mass is 35.5. The van der Waals surface area contributed by atoms with Crippen molar-refractivity contribution in [2.45, 2.75) is 6.61 Å². The van der Waals surface area contributed by atoms with Gasteiger partial charge in [0.05, 0.1) is 15.7 Å². The van der Waals surface area contributed by atoms with Gasteiger partial charge in [-0.25, -0.2) is 4.39 Å². The Hall–Kier alpha value is -1.45. The minimum absolute atomic E-state index is 0.280. The minimum Gasteiger partial charge on any atom is -0.489 e. The van der Waals surface area contributed by atoms with E-state index in [9.17, 15) is 4.39 Å². The number of ether oxygens (including phenoxy) is 1. The summed E-state index contributed by atoms with van der Waals surface area (Å²) in [6, 6.07) is 9.23. The van der Waals surface area contributed by atoms with Crippen molar-refractivity contribution in [2.24, 2.45) is 0 Å². The van der Waals surface area contributed by atoms with Gasteiger partial charge in [0.15, 0.2) is 0 Å². The monoisotopic (exact) mass is 285 g/mol. The van der Waals surface area contributed by atoms with Gasteiger partial charge in [0.25, 0.3) is 0 Å². The fourth-order valence-corrected chi connectivity index (χ4v) is 1.86. The van der Waals surface area contributed by atoms with Gasteiger partial charge in [0.2, 0.25) is 0 Å². The number of halogens is 3. The molecule has 0 fully saturated rings. The van der Waals surface area contributed by atoms with E-state index in [0.29, 0.717) is 28.1 Å². The Morgan fingerprint density at radius 2 is 1.61 bits per heavy atom. The Labute approximate surface area is 114 Å². The molecule has 0 bridgehead atoms. The summed E-state index contributed by atoms with van der Waals surface area (Å²) in [5.41, 5.74) is 6.79. The Balaban J connectivity index is 2.08. The predicted octanol–water partition coefficient (Wildman–Crippen LogP) is 4.29. The predicted molar refractivity (Wildman–Crippen MR) is 71.6 cm³/mol. The molecule has 2 nitrogen and oxygen atoms in total. The molecule has 2 aromatic rings. The minimum atomic E-state index is -0.280. The summed E-state index contributed by atoms with van der Waals surface area (Å²) >= 11 is 11.8. The molecule has 2 rings (SSSR count). The first-order chi connectivity index (χ1) is 8.56. The van der Waals surface area contributed by atoms with Crippen LogP contribution in [0.5, 0.6) is 5.75 Å². The first kappa shape index (κ1) is 13.0. The van der Waals surface area contributed by atoms with Crippen LogP contribution in [0.1, 0.15) is 5.56 Å². The number of rotatable bonds is 3. The molecule has 0 aliphatic heterocycles. The average Bonchev–Trinajstić information content (AvgIpc) is 2.35. The van der Waals surface area contributed by atoms with Gasteiger partial charge in [-0.3, -0.25) is 0 Å². The van der Waals surface area contributed by atoms with Crippen LogP contribution in [0, 0.1) is 5.82 Å². The van der Waals surface area contributed by atoms with Gasteiger partial charge in [-0.05, 0) is 17.7 Å². The second-order valence-electron chi connectivity index (χ2n) is 3.72. The molecular formula is C13H10Cl2FNO. The van der Waals surface area contributed by atoms with E-state index in [4.69, 9.17) is 33.7 Å². The largest absolute Gasteiger partial charge is 0.489 e. The lowest BCUT2D eigenvalue weighted by molar-refractivity contribution is 0.306. The maximum absolute atomic E-state index is 12.7. The maximum atomic E-state index is 12.7. The van der Waals surface area contributed by atoms with Crippen molar-refractivity contribution in [1.82, 2.24) is 0 Å². The van der Waals surface area contributed by atoms with Gasteiger partial charge < -0.3 is 10.5 Å². The summed E-state index contributed by atoms with van der Waals surface area (Å²) in [5, 5.41) is 0.688. The van der Waals surface area contributed by atoms with Gasteiger partial charge in [0.1, 0.15) is 18.2 Å². The van der Waals surface area contributed by atoms with Crippen LogP contribution < -0.4 is 10.5 Å². The van der Waals surface area contributed by atoms with Gasteiger partial charge in [-0.2, -0.15) is 0 Å². The maximum Gasteiger partial charge on any atom is 0.123 e. The van der Waals surface area contributed by atoms with Crippen molar-refractivity contribution < 1.29 is 9.13 Å². The number of nitrogen functional groups attached to an aromatic ring is 1. The third-order valence-electron chi connectivity index (χ3n) is 2.37. The number of nitrogens with two attached hydrogens (primary N) is 1. The topological polar surface area (TPSA) is 35.2 Å². The van der Waals surface area contributed by atoms with Gasteiger partial charge in [-0.15, -0.1) is 0 Å². The summed E-state index contributed by atoms with van der Waals surface area (Å²) in [6.45, 7) is 0.302. The average molecular weight is 286 g/mol. The van der Waals surface area contributed by atoms with Crippen molar-refractivity contribution in [3.05, 3.63) is 57.8 Å². The molecule has 0 heterocycles. The van der Waals surface area contributed by atoms with Crippen molar-refractivity contribution in [1.29, 1.82) is 0 Å². The zero-order chi connectivity index (χ0) is 13.1. The Morgan fingerprint density at radius 1 is 1.06 bits per heavy atom. The van der Waals surface area contributed by atoms with Crippen LogP contribution in [0.2, 0.25) is 10.0 Å². The summed E-state index contributed by atoms with van der Waals surface area (Å²) in [4.78, 5) is 0. The van der Waals surface area contributed by atoms with Crippen LogP contribution in [0.3, 0.4) is 0 Å². The fraction of sp³-hybridized carbons (Fsp3) is 0.0769. The fourth-order valence-electron chi connectivity index (χ4n) is 1.39. The van der Waals surface area contributed by atoms with Crippen LogP contribution in [0.15, 0.2) is 36.4 Å². The third kappa shape index (κ3) is 3.06. The molecule has 18 heavy (non-hydrogen) atoms. The van der Waals surface area contributed by atoms with Crippen LogP contribution in [-0.2, 0) is 6.61 Å². The van der Waals surface area contributed by atoms with Crippen LogP contribution in [0.25, 0.3) is 0 Å². The van der Waals surface area contributed by atoms with Crippen LogP contribution >= 0.6 is 23.2 Å². The molecular weight excluding hydrogens is 276 g/mol. The molecule has 0 radical (unpaired) electrons. The normalized spacial score (nSPS) is 10.4. The van der Waals surface area contributed by atoms with E-state index in [2.05, 4.69) is 0 Å². The van der Waals surface area contributed by atoms with E-state index in [1.807, 2.05) is 0 Å². The van der Waals surface area contributed by atoms with E-state index in [0.717, 1.165) is 5.56 Å². The molecule has 0 atom stereocenters. The van der Waals surface area contributed by atoms with E-state index in [1.165, 1.54) is 12.1 Å². The molecule has 0 saturated heterocycles. The number of hydrogen-bond acceptors (Lipinski definition) is 2. The Bertz CT molecular complexity index is 534. The second-order valence-corrected chi connectivity index (χ2v) is 4.53. The molecule has 94 valence electrons. The van der Waals surface area contributed by atoms with Crippen LogP contribution in [0.4, 0.5) is 10.1 Å². The van der Waals surface area contributed by atoms with Gasteiger partial charge in [-0.1, -0.05) is 35.3 Å². The molecule has 0 amide bonds. The standard InChI is InChI=1S/C13H10Cl2FNO/c14-11-5-10(6-12(15)13(11)17)18-7-8-1-3-9(16)4-2-8/h1-6H,7,17H2. The molecule has 0 unspecified atom stereocenters. The van der Waals surface area contributed by atoms with Crippen molar-refractivity contribution >= 4 is 28.9 Å². The van der Waals surface area contributed by atoms with Gasteiger partial charge in [0, 0.05) is 12.1 Å².